The van der Waals surface area contributed by atoms with Crippen molar-refractivity contribution in [3.8, 4) is 0 Å². The molecular weight excluding hydrogens is 94.0 g/mol. The summed E-state index contributed by atoms with van der Waals surface area (Å²) < 4.78 is 4.61. The number of aliphatic hydroxyl groups is 1. The molecule has 0 saturated carbocycles. The highest BCUT2D eigenvalue weighted by molar-refractivity contribution is 4.53. The van der Waals surface area contributed by atoms with Gasteiger partial charge in [-0.2, -0.15) is 0 Å². The van der Waals surface area contributed by atoms with Crippen molar-refractivity contribution >= 4 is 0 Å². The van der Waals surface area contributed by atoms with Gasteiger partial charge < -0.3 is 15.6 Å². The third kappa shape index (κ3) is 3.72. The van der Waals surface area contributed by atoms with Crippen LogP contribution in [-0.4, -0.2) is 31.5 Å². The SMILES string of the molecule is COC[C@@H](N)CO. The minimum absolute atomic E-state index is 0.00611. The van der Waals surface area contributed by atoms with E-state index in [1.165, 1.54) is 0 Å². The Labute approximate surface area is 43.1 Å². The fourth-order valence-corrected chi connectivity index (χ4v) is 0.267. The molecule has 1 atom stereocenters. The number of hydrogen-bond donors (Lipinski definition) is 2. The molecule has 0 aliphatic rings. The maximum absolute atomic E-state index is 8.26. The highest BCUT2D eigenvalue weighted by Crippen LogP contribution is 1.73. The molecule has 7 heavy (non-hydrogen) atoms. The minimum Gasteiger partial charge on any atom is -0.395 e. The van der Waals surface area contributed by atoms with E-state index in [2.05, 4.69) is 4.74 Å². The summed E-state index contributed by atoms with van der Waals surface area (Å²) in [5.74, 6) is 0. The average Bonchev–Trinajstić information content (AvgIpc) is 1.68. The molecule has 0 aromatic carbocycles. The van der Waals surface area contributed by atoms with Crippen molar-refractivity contribution in [1.82, 2.24) is 0 Å². The zero-order valence-electron chi connectivity index (χ0n) is 4.42. The molecule has 3 heteroatoms. The van der Waals surface area contributed by atoms with E-state index >= 15 is 0 Å². The van der Waals surface area contributed by atoms with Crippen LogP contribution in [-0.2, 0) is 4.74 Å². The van der Waals surface area contributed by atoms with E-state index in [0.717, 1.165) is 0 Å². The zero-order valence-corrected chi connectivity index (χ0v) is 4.42. The first-order valence-electron chi connectivity index (χ1n) is 2.16. The third-order valence-corrected chi connectivity index (χ3v) is 0.615. The smallest absolute Gasteiger partial charge is 0.0636 e. The third-order valence-electron chi connectivity index (χ3n) is 0.615. The van der Waals surface area contributed by atoms with Crippen LogP contribution in [0.2, 0.25) is 0 Å². The van der Waals surface area contributed by atoms with E-state index in [0.29, 0.717) is 6.61 Å². The summed E-state index contributed by atoms with van der Waals surface area (Å²) in [5, 5.41) is 8.26. The molecule has 0 aliphatic heterocycles. The van der Waals surface area contributed by atoms with Gasteiger partial charge in [-0.15, -0.1) is 0 Å². The van der Waals surface area contributed by atoms with Crippen LogP contribution in [0.5, 0.6) is 0 Å². The van der Waals surface area contributed by atoms with Gasteiger partial charge in [0.05, 0.1) is 19.3 Å². The van der Waals surface area contributed by atoms with Gasteiger partial charge in [-0.25, -0.2) is 0 Å². The first-order valence-corrected chi connectivity index (χ1v) is 2.16. The topological polar surface area (TPSA) is 55.5 Å². The second-order valence-electron chi connectivity index (χ2n) is 1.40. The second kappa shape index (κ2) is 4.05. The lowest BCUT2D eigenvalue weighted by Gasteiger charge is -2.03. The van der Waals surface area contributed by atoms with Crippen molar-refractivity contribution in [1.29, 1.82) is 0 Å². The highest BCUT2D eigenvalue weighted by atomic mass is 16.5. The van der Waals surface area contributed by atoms with Crippen molar-refractivity contribution in [2.24, 2.45) is 5.73 Å². The first kappa shape index (κ1) is 6.88. The molecule has 0 heterocycles. The van der Waals surface area contributed by atoms with Crippen molar-refractivity contribution in [3.63, 3.8) is 0 Å². The van der Waals surface area contributed by atoms with Gasteiger partial charge in [0.25, 0.3) is 0 Å². The zero-order chi connectivity index (χ0) is 5.70. The summed E-state index contributed by atoms with van der Waals surface area (Å²) in [6.45, 7) is 0.421. The van der Waals surface area contributed by atoms with E-state index in [1.807, 2.05) is 0 Å². The Hall–Kier alpha value is -0.120. The van der Waals surface area contributed by atoms with E-state index in [9.17, 15) is 0 Å². The monoisotopic (exact) mass is 105 g/mol. The molecule has 0 bridgehead atoms. The Morgan fingerprint density at radius 1 is 1.86 bits per heavy atom. The van der Waals surface area contributed by atoms with Crippen LogP contribution in [0.15, 0.2) is 0 Å². The molecule has 0 aliphatic carbocycles. The Bertz CT molecular complexity index is 40.7. The molecular formula is C4H11NO2. The lowest BCUT2D eigenvalue weighted by atomic mass is 10.4. The second-order valence-corrected chi connectivity index (χ2v) is 1.40. The van der Waals surface area contributed by atoms with Gasteiger partial charge in [0.15, 0.2) is 0 Å². The van der Waals surface area contributed by atoms with E-state index < -0.39 is 0 Å². The fraction of sp³-hybridized carbons (Fsp3) is 1.00. The molecule has 0 fully saturated rings. The largest absolute Gasteiger partial charge is 0.395 e. The van der Waals surface area contributed by atoms with Crippen molar-refractivity contribution in [2.45, 2.75) is 6.04 Å². The van der Waals surface area contributed by atoms with Crippen LogP contribution in [0.1, 0.15) is 0 Å². The van der Waals surface area contributed by atoms with Gasteiger partial charge in [0.1, 0.15) is 0 Å². The molecule has 0 aromatic rings. The summed E-state index contributed by atoms with van der Waals surface area (Å²) >= 11 is 0. The molecule has 0 rings (SSSR count). The summed E-state index contributed by atoms with van der Waals surface area (Å²) in [7, 11) is 1.55. The molecule has 0 amide bonds. The molecule has 0 radical (unpaired) electrons. The Morgan fingerprint density at radius 2 is 2.43 bits per heavy atom. The highest BCUT2D eigenvalue weighted by Gasteiger charge is 1.94. The van der Waals surface area contributed by atoms with E-state index in [1.54, 1.807) is 7.11 Å². The summed E-state index contributed by atoms with van der Waals surface area (Å²) in [6, 6.07) is -0.218. The number of nitrogens with two attached hydrogens (primary N) is 1. The van der Waals surface area contributed by atoms with Gasteiger partial charge in [-0.3, -0.25) is 0 Å². The Morgan fingerprint density at radius 3 is 2.57 bits per heavy atom. The van der Waals surface area contributed by atoms with Crippen LogP contribution >= 0.6 is 0 Å². The van der Waals surface area contributed by atoms with Crippen molar-refractivity contribution in [3.05, 3.63) is 0 Å². The van der Waals surface area contributed by atoms with Crippen molar-refractivity contribution < 1.29 is 9.84 Å². The van der Waals surface area contributed by atoms with Gasteiger partial charge >= 0.3 is 0 Å². The molecule has 3 nitrogen and oxygen atoms in total. The van der Waals surface area contributed by atoms with Crippen LogP contribution < -0.4 is 5.73 Å². The quantitative estimate of drug-likeness (QED) is 0.481. The van der Waals surface area contributed by atoms with Crippen LogP contribution in [0.4, 0.5) is 0 Å². The lowest BCUT2D eigenvalue weighted by molar-refractivity contribution is 0.146. The van der Waals surface area contributed by atoms with Crippen LogP contribution in [0.3, 0.4) is 0 Å². The maximum atomic E-state index is 8.26. The lowest BCUT2D eigenvalue weighted by Crippen LogP contribution is -2.29. The summed E-state index contributed by atoms with van der Waals surface area (Å²) in [6.07, 6.45) is 0. The van der Waals surface area contributed by atoms with Crippen LogP contribution in [0.25, 0.3) is 0 Å². The standard InChI is InChI=1S/C4H11NO2/c1-7-3-4(5)2-6/h4,6H,2-3,5H2,1H3/t4-/m0/s1. The first-order chi connectivity index (χ1) is 3.31. The molecule has 0 aromatic heterocycles. The predicted octanol–water partition coefficient (Wildman–Crippen LogP) is -1.05. The molecule has 44 valence electrons. The molecule has 0 saturated heterocycles. The average molecular weight is 105 g/mol. The van der Waals surface area contributed by atoms with Gasteiger partial charge in [-0.05, 0) is 0 Å². The number of methoxy groups -OCH3 is 1. The summed E-state index contributed by atoms with van der Waals surface area (Å²) in [4.78, 5) is 0. The molecule has 0 unspecified atom stereocenters. The molecule has 0 spiro atoms. The number of rotatable bonds is 3. The van der Waals surface area contributed by atoms with Gasteiger partial charge in [0, 0.05) is 7.11 Å². The van der Waals surface area contributed by atoms with Gasteiger partial charge in [-0.1, -0.05) is 0 Å². The number of aliphatic hydroxyl groups excluding tert-OH is 1. The number of hydrogen-bond acceptors (Lipinski definition) is 3. The Kier molecular flexibility index (Phi) is 3.98. The Balaban J connectivity index is 2.83. The van der Waals surface area contributed by atoms with Crippen molar-refractivity contribution in [2.75, 3.05) is 20.3 Å². The number of ether oxygens (including phenoxy) is 1. The van der Waals surface area contributed by atoms with E-state index in [-0.39, 0.29) is 12.6 Å². The van der Waals surface area contributed by atoms with Crippen LogP contribution in [0, 0.1) is 0 Å². The summed E-state index contributed by atoms with van der Waals surface area (Å²) in [5.41, 5.74) is 5.21. The van der Waals surface area contributed by atoms with E-state index in [4.69, 9.17) is 10.8 Å². The fourth-order valence-electron chi connectivity index (χ4n) is 0.267. The normalized spacial score (nSPS) is 14.1. The minimum atomic E-state index is -0.218. The predicted molar refractivity (Wildman–Crippen MR) is 26.9 cm³/mol. The maximum Gasteiger partial charge on any atom is 0.0636 e. The molecule has 3 N–H and O–H groups in total. The van der Waals surface area contributed by atoms with Gasteiger partial charge in [0.2, 0.25) is 0 Å².